The Labute approximate surface area is 85.3 Å². The van der Waals surface area contributed by atoms with Crippen LogP contribution < -0.4 is 5.32 Å². The van der Waals surface area contributed by atoms with Crippen molar-refractivity contribution in [2.45, 2.75) is 19.0 Å². The molecule has 0 aromatic rings. The summed E-state index contributed by atoms with van der Waals surface area (Å²) >= 11 is 0. The average Bonchev–Trinajstić information content (AvgIpc) is 2.17. The summed E-state index contributed by atoms with van der Waals surface area (Å²) in [7, 11) is 0. The highest BCUT2D eigenvalue weighted by Crippen LogP contribution is 2.12. The molecule has 0 atom stereocenters. The lowest BCUT2D eigenvalue weighted by Crippen LogP contribution is -2.43. The summed E-state index contributed by atoms with van der Waals surface area (Å²) < 4.78 is 35.2. The summed E-state index contributed by atoms with van der Waals surface area (Å²) in [4.78, 5) is 16.2. The Morgan fingerprint density at radius 1 is 1.40 bits per heavy atom. The summed E-state index contributed by atoms with van der Waals surface area (Å²) in [6.45, 7) is -0.608. The molecular weight excluding hydrogens is 213 g/mol. The van der Waals surface area contributed by atoms with Gasteiger partial charge in [0.15, 0.2) is 0 Å². The van der Waals surface area contributed by atoms with Gasteiger partial charge in [-0.2, -0.15) is 13.2 Å². The molecule has 0 aromatic carbocycles. The van der Waals surface area contributed by atoms with E-state index in [1.807, 2.05) is 5.32 Å². The van der Waals surface area contributed by atoms with Crippen molar-refractivity contribution in [1.82, 2.24) is 10.4 Å². The predicted octanol–water partition coefficient (Wildman–Crippen LogP) is 0.692. The van der Waals surface area contributed by atoms with Gasteiger partial charge in [0.2, 0.25) is 0 Å². The van der Waals surface area contributed by atoms with E-state index in [0.717, 1.165) is 17.9 Å². The highest BCUT2D eigenvalue weighted by molar-refractivity contribution is 5.77. The normalized spacial score (nSPS) is 17.9. The van der Waals surface area contributed by atoms with Crippen LogP contribution >= 0.6 is 0 Å². The van der Waals surface area contributed by atoms with Crippen LogP contribution in [0.15, 0.2) is 0 Å². The fourth-order valence-electron chi connectivity index (χ4n) is 1.19. The number of nitrogens with one attached hydrogen (secondary N) is 1. The molecule has 1 aliphatic heterocycles. The number of nitrogens with zero attached hydrogens (tertiary/aromatic N) is 1. The molecule has 15 heavy (non-hydrogen) atoms. The Kier molecular flexibility index (Phi) is 4.34. The first-order valence-electron chi connectivity index (χ1n) is 4.70. The topological polar surface area (TPSA) is 41.6 Å². The molecule has 0 radical (unpaired) electrons. The second-order valence-corrected chi connectivity index (χ2v) is 3.25. The molecule has 0 bridgehead atoms. The molecule has 1 aliphatic rings. The van der Waals surface area contributed by atoms with Crippen molar-refractivity contribution in [1.29, 1.82) is 0 Å². The molecule has 88 valence electrons. The standard InChI is InChI=1S/C8H13F3N2O2/c9-8(10,11)6-12-5-7(14)13-3-1-2-4-15-13/h12H,1-6H2. The number of hydrogen-bond donors (Lipinski definition) is 1. The van der Waals surface area contributed by atoms with Crippen molar-refractivity contribution in [3.05, 3.63) is 0 Å². The number of hydroxylamine groups is 2. The smallest absolute Gasteiger partial charge is 0.300 e. The van der Waals surface area contributed by atoms with Gasteiger partial charge in [0.05, 0.1) is 19.7 Å². The van der Waals surface area contributed by atoms with Gasteiger partial charge in [-0.25, -0.2) is 5.06 Å². The first-order valence-corrected chi connectivity index (χ1v) is 4.70. The third-order valence-corrected chi connectivity index (χ3v) is 1.88. The Morgan fingerprint density at radius 2 is 2.13 bits per heavy atom. The molecule has 1 heterocycles. The molecule has 7 heteroatoms. The molecule has 0 aromatic heterocycles. The van der Waals surface area contributed by atoms with Gasteiger partial charge in [0.1, 0.15) is 0 Å². The molecular formula is C8H13F3N2O2. The zero-order valence-corrected chi connectivity index (χ0v) is 8.14. The highest BCUT2D eigenvalue weighted by atomic mass is 19.4. The number of carbonyl (C=O) groups excluding carboxylic acids is 1. The number of amides is 1. The highest BCUT2D eigenvalue weighted by Gasteiger charge is 2.27. The van der Waals surface area contributed by atoms with Gasteiger partial charge in [0.25, 0.3) is 5.91 Å². The van der Waals surface area contributed by atoms with E-state index in [0.29, 0.717) is 13.2 Å². The van der Waals surface area contributed by atoms with Gasteiger partial charge >= 0.3 is 6.18 Å². The van der Waals surface area contributed by atoms with E-state index >= 15 is 0 Å². The Bertz CT molecular complexity index is 214. The van der Waals surface area contributed by atoms with E-state index in [1.165, 1.54) is 0 Å². The van der Waals surface area contributed by atoms with Gasteiger partial charge in [-0.05, 0) is 12.8 Å². The van der Waals surface area contributed by atoms with E-state index in [1.54, 1.807) is 0 Å². The van der Waals surface area contributed by atoms with Crippen molar-refractivity contribution in [3.63, 3.8) is 0 Å². The number of alkyl halides is 3. The minimum atomic E-state index is -4.29. The number of hydrogen-bond acceptors (Lipinski definition) is 3. The molecule has 0 unspecified atom stereocenters. The first-order chi connectivity index (χ1) is 6.99. The van der Waals surface area contributed by atoms with Crippen molar-refractivity contribution in [2.75, 3.05) is 26.2 Å². The SMILES string of the molecule is O=C(CNCC(F)(F)F)N1CCCCO1. The lowest BCUT2D eigenvalue weighted by atomic mass is 10.3. The lowest BCUT2D eigenvalue weighted by molar-refractivity contribution is -0.196. The quantitative estimate of drug-likeness (QED) is 0.770. The van der Waals surface area contributed by atoms with Crippen molar-refractivity contribution in [3.8, 4) is 0 Å². The maximum absolute atomic E-state index is 11.7. The van der Waals surface area contributed by atoms with Gasteiger partial charge < -0.3 is 5.32 Å². The fourth-order valence-corrected chi connectivity index (χ4v) is 1.19. The zero-order valence-electron chi connectivity index (χ0n) is 8.14. The van der Waals surface area contributed by atoms with Crippen LogP contribution in [0.1, 0.15) is 12.8 Å². The lowest BCUT2D eigenvalue weighted by Gasteiger charge is -2.25. The molecule has 1 saturated heterocycles. The first kappa shape index (κ1) is 12.3. The van der Waals surface area contributed by atoms with Crippen molar-refractivity contribution < 1.29 is 22.8 Å². The minimum absolute atomic E-state index is 0.348. The van der Waals surface area contributed by atoms with Crippen LogP contribution in [0.5, 0.6) is 0 Å². The van der Waals surface area contributed by atoms with Crippen molar-refractivity contribution >= 4 is 5.91 Å². The van der Waals surface area contributed by atoms with Crippen molar-refractivity contribution in [2.24, 2.45) is 0 Å². The van der Waals surface area contributed by atoms with Crippen LogP contribution in [0.25, 0.3) is 0 Å². The molecule has 1 amide bonds. The summed E-state index contributed by atoms with van der Waals surface area (Å²) in [6, 6.07) is 0. The van der Waals surface area contributed by atoms with E-state index < -0.39 is 18.6 Å². The molecule has 4 nitrogen and oxygen atoms in total. The van der Waals surface area contributed by atoms with Gasteiger partial charge in [-0.15, -0.1) is 0 Å². The van der Waals surface area contributed by atoms with Crippen LogP contribution in [-0.2, 0) is 9.63 Å². The van der Waals surface area contributed by atoms with Gasteiger partial charge in [-0.1, -0.05) is 0 Å². The minimum Gasteiger partial charge on any atom is -0.300 e. The van der Waals surface area contributed by atoms with Crippen LogP contribution in [0.4, 0.5) is 13.2 Å². The number of halogens is 3. The Hall–Kier alpha value is -0.820. The summed E-state index contributed by atoms with van der Waals surface area (Å²) in [6.07, 6.45) is -2.59. The summed E-state index contributed by atoms with van der Waals surface area (Å²) in [5, 5.41) is 3.14. The Balaban J connectivity index is 2.17. The molecule has 1 fully saturated rings. The third-order valence-electron chi connectivity index (χ3n) is 1.88. The molecule has 0 saturated carbocycles. The molecule has 1 rings (SSSR count). The van der Waals surface area contributed by atoms with Crippen LogP contribution in [0, 0.1) is 0 Å². The monoisotopic (exact) mass is 226 g/mol. The predicted molar refractivity (Wildman–Crippen MR) is 45.8 cm³/mol. The van der Waals surface area contributed by atoms with E-state index in [-0.39, 0.29) is 6.54 Å². The number of rotatable bonds is 3. The fraction of sp³-hybridized carbons (Fsp3) is 0.875. The maximum Gasteiger partial charge on any atom is 0.401 e. The maximum atomic E-state index is 11.7. The summed E-state index contributed by atoms with van der Waals surface area (Å²) in [5.74, 6) is -0.459. The van der Waals surface area contributed by atoms with Crippen LogP contribution in [0.2, 0.25) is 0 Å². The Morgan fingerprint density at radius 3 is 2.67 bits per heavy atom. The van der Waals surface area contributed by atoms with E-state index in [4.69, 9.17) is 4.84 Å². The van der Waals surface area contributed by atoms with Gasteiger partial charge in [-0.3, -0.25) is 9.63 Å². The van der Waals surface area contributed by atoms with Gasteiger partial charge in [0, 0.05) is 6.54 Å². The molecule has 1 N–H and O–H groups in total. The van der Waals surface area contributed by atoms with Crippen LogP contribution in [-0.4, -0.2) is 43.4 Å². The largest absolute Gasteiger partial charge is 0.401 e. The average molecular weight is 226 g/mol. The van der Waals surface area contributed by atoms with E-state index in [2.05, 4.69) is 0 Å². The van der Waals surface area contributed by atoms with E-state index in [9.17, 15) is 18.0 Å². The van der Waals surface area contributed by atoms with Crippen LogP contribution in [0.3, 0.4) is 0 Å². The zero-order chi connectivity index (χ0) is 11.3. The second-order valence-electron chi connectivity index (χ2n) is 3.25. The molecule has 0 aliphatic carbocycles. The number of carbonyl (C=O) groups is 1. The third kappa shape index (κ3) is 4.98. The second kappa shape index (κ2) is 5.32. The molecule has 0 spiro atoms. The summed E-state index contributed by atoms with van der Waals surface area (Å²) in [5.41, 5.74) is 0.